The normalized spacial score (nSPS) is 17.2. The highest BCUT2D eigenvalue weighted by atomic mass is 16.4. The molecule has 1 unspecified atom stereocenters. The van der Waals surface area contributed by atoms with Gasteiger partial charge in [-0.2, -0.15) is 0 Å². The average molecular weight is 361 g/mol. The Morgan fingerprint density at radius 3 is 2.38 bits per heavy atom. The minimum atomic E-state index is -0.777. The predicted octanol–water partition coefficient (Wildman–Crippen LogP) is 1.90. The van der Waals surface area contributed by atoms with Crippen LogP contribution in [-0.2, 0) is 16.1 Å². The largest absolute Gasteiger partial charge is 0.480 e. The number of carbonyl (C=O) groups excluding carboxylic acids is 1. The van der Waals surface area contributed by atoms with Gasteiger partial charge in [-0.1, -0.05) is 37.3 Å². The Morgan fingerprint density at radius 2 is 1.85 bits per heavy atom. The minimum Gasteiger partial charge on any atom is -0.480 e. The van der Waals surface area contributed by atoms with Crippen molar-refractivity contribution in [2.75, 3.05) is 33.2 Å². The Balaban J connectivity index is 1.85. The molecule has 1 aromatic rings. The average Bonchev–Trinajstić information content (AvgIpc) is 2.65. The molecule has 0 spiro atoms. The van der Waals surface area contributed by atoms with Crippen molar-refractivity contribution in [1.29, 1.82) is 0 Å². The maximum absolute atomic E-state index is 12.8. The molecule has 0 aromatic heterocycles. The molecule has 1 aliphatic heterocycles. The van der Waals surface area contributed by atoms with Gasteiger partial charge in [0.25, 0.3) is 0 Å². The summed E-state index contributed by atoms with van der Waals surface area (Å²) >= 11 is 0. The quantitative estimate of drug-likeness (QED) is 0.766. The molecular weight excluding hydrogens is 330 g/mol. The topological polar surface area (TPSA) is 64.1 Å². The van der Waals surface area contributed by atoms with Gasteiger partial charge in [-0.05, 0) is 31.9 Å². The third-order valence-electron chi connectivity index (χ3n) is 5.30. The number of rotatable bonds is 8. The summed E-state index contributed by atoms with van der Waals surface area (Å²) in [5.74, 6) is -0.648. The van der Waals surface area contributed by atoms with E-state index in [1.54, 1.807) is 4.90 Å². The van der Waals surface area contributed by atoms with E-state index < -0.39 is 5.97 Å². The zero-order valence-electron chi connectivity index (χ0n) is 16.1. The number of likely N-dealkylation sites (N-methyl/N-ethyl adjacent to an activating group) is 2. The van der Waals surface area contributed by atoms with Crippen molar-refractivity contribution in [3.8, 4) is 0 Å². The fourth-order valence-electron chi connectivity index (χ4n) is 3.72. The number of nitrogens with zero attached hydrogens (tertiary/aromatic N) is 3. The Kier molecular flexibility index (Phi) is 7.60. The summed E-state index contributed by atoms with van der Waals surface area (Å²) in [6.45, 7) is 7.07. The van der Waals surface area contributed by atoms with E-state index >= 15 is 0 Å². The van der Waals surface area contributed by atoms with E-state index in [0.717, 1.165) is 38.0 Å². The Labute approximate surface area is 156 Å². The van der Waals surface area contributed by atoms with E-state index in [-0.39, 0.29) is 24.5 Å². The first-order valence-electron chi connectivity index (χ1n) is 9.41. The summed E-state index contributed by atoms with van der Waals surface area (Å²) in [4.78, 5) is 29.8. The number of benzene rings is 1. The molecule has 2 rings (SSSR count). The number of hydrogen-bond donors (Lipinski definition) is 1. The third-order valence-corrected chi connectivity index (χ3v) is 5.30. The van der Waals surface area contributed by atoms with Crippen LogP contribution in [0.15, 0.2) is 30.3 Å². The van der Waals surface area contributed by atoms with Gasteiger partial charge in [0.1, 0.15) is 0 Å². The van der Waals surface area contributed by atoms with Crippen molar-refractivity contribution in [2.24, 2.45) is 0 Å². The zero-order chi connectivity index (χ0) is 19.1. The van der Waals surface area contributed by atoms with Crippen LogP contribution in [0, 0.1) is 0 Å². The second-order valence-electron chi connectivity index (χ2n) is 7.08. The number of carbonyl (C=O) groups is 2. The SMILES string of the molecule is CCN(CC(=O)O)C1CCN(C(C)C(=O)N(C)Cc2ccccc2)CC1. The molecular formula is C20H31N3O3. The van der Waals surface area contributed by atoms with Crippen LogP contribution in [0.3, 0.4) is 0 Å². The van der Waals surface area contributed by atoms with E-state index in [1.807, 2.05) is 56.1 Å². The van der Waals surface area contributed by atoms with Crippen LogP contribution in [0.2, 0.25) is 0 Å². The van der Waals surface area contributed by atoms with E-state index in [0.29, 0.717) is 6.54 Å². The van der Waals surface area contributed by atoms with Crippen LogP contribution in [0.5, 0.6) is 0 Å². The van der Waals surface area contributed by atoms with E-state index in [1.165, 1.54) is 0 Å². The number of aliphatic carboxylic acids is 1. The molecule has 6 heteroatoms. The Morgan fingerprint density at radius 1 is 1.23 bits per heavy atom. The van der Waals surface area contributed by atoms with Gasteiger partial charge in [0, 0.05) is 32.7 Å². The van der Waals surface area contributed by atoms with Gasteiger partial charge in [0.15, 0.2) is 0 Å². The van der Waals surface area contributed by atoms with Crippen molar-refractivity contribution in [3.05, 3.63) is 35.9 Å². The highest BCUT2D eigenvalue weighted by Gasteiger charge is 2.30. The summed E-state index contributed by atoms with van der Waals surface area (Å²) in [6, 6.07) is 10.1. The first-order chi connectivity index (χ1) is 12.4. The fourth-order valence-corrected chi connectivity index (χ4v) is 3.72. The molecule has 1 aromatic carbocycles. The molecule has 1 saturated heterocycles. The van der Waals surface area contributed by atoms with Crippen LogP contribution >= 0.6 is 0 Å². The lowest BCUT2D eigenvalue weighted by Gasteiger charge is -2.40. The molecule has 0 radical (unpaired) electrons. The van der Waals surface area contributed by atoms with Crippen molar-refractivity contribution >= 4 is 11.9 Å². The second-order valence-corrected chi connectivity index (χ2v) is 7.08. The minimum absolute atomic E-state index is 0.0927. The molecule has 6 nitrogen and oxygen atoms in total. The molecule has 0 saturated carbocycles. The van der Waals surface area contributed by atoms with Crippen LogP contribution < -0.4 is 0 Å². The molecule has 1 aliphatic rings. The van der Waals surface area contributed by atoms with Crippen LogP contribution in [0.1, 0.15) is 32.3 Å². The number of hydrogen-bond acceptors (Lipinski definition) is 4. The number of piperidine rings is 1. The number of carboxylic acid groups (broad SMARTS) is 1. The maximum atomic E-state index is 12.8. The number of carboxylic acids is 1. The first-order valence-corrected chi connectivity index (χ1v) is 9.41. The predicted molar refractivity (Wildman–Crippen MR) is 102 cm³/mol. The molecule has 1 amide bonds. The summed E-state index contributed by atoms with van der Waals surface area (Å²) in [5.41, 5.74) is 1.13. The summed E-state index contributed by atoms with van der Waals surface area (Å²) in [7, 11) is 1.85. The molecule has 1 heterocycles. The van der Waals surface area contributed by atoms with Gasteiger partial charge in [0.05, 0.1) is 12.6 Å². The van der Waals surface area contributed by atoms with Gasteiger partial charge in [-0.15, -0.1) is 0 Å². The van der Waals surface area contributed by atoms with E-state index in [4.69, 9.17) is 5.11 Å². The van der Waals surface area contributed by atoms with Gasteiger partial charge in [0.2, 0.25) is 5.91 Å². The highest BCUT2D eigenvalue weighted by molar-refractivity contribution is 5.81. The lowest BCUT2D eigenvalue weighted by molar-refractivity contribution is -0.139. The van der Waals surface area contributed by atoms with Gasteiger partial charge in [-0.3, -0.25) is 19.4 Å². The maximum Gasteiger partial charge on any atom is 0.317 e. The third kappa shape index (κ3) is 5.54. The molecule has 0 bridgehead atoms. The van der Waals surface area contributed by atoms with Gasteiger partial charge in [-0.25, -0.2) is 0 Å². The lowest BCUT2D eigenvalue weighted by Crippen LogP contribution is -2.52. The highest BCUT2D eigenvalue weighted by Crippen LogP contribution is 2.19. The molecule has 26 heavy (non-hydrogen) atoms. The van der Waals surface area contributed by atoms with Crippen LogP contribution in [0.4, 0.5) is 0 Å². The zero-order valence-corrected chi connectivity index (χ0v) is 16.1. The summed E-state index contributed by atoms with van der Waals surface area (Å²) in [6.07, 6.45) is 1.81. The first kappa shape index (κ1) is 20.4. The fraction of sp³-hybridized carbons (Fsp3) is 0.600. The molecule has 1 atom stereocenters. The van der Waals surface area contributed by atoms with Crippen molar-refractivity contribution in [2.45, 2.75) is 45.3 Å². The van der Waals surface area contributed by atoms with Crippen molar-refractivity contribution in [3.63, 3.8) is 0 Å². The van der Waals surface area contributed by atoms with Gasteiger partial charge < -0.3 is 10.0 Å². The van der Waals surface area contributed by atoms with Crippen LogP contribution in [-0.4, -0.2) is 77.0 Å². The van der Waals surface area contributed by atoms with Crippen molar-refractivity contribution in [1.82, 2.24) is 14.7 Å². The molecule has 1 fully saturated rings. The summed E-state index contributed by atoms with van der Waals surface area (Å²) in [5, 5.41) is 9.04. The monoisotopic (exact) mass is 361 g/mol. The standard InChI is InChI=1S/C20H31N3O3/c1-4-22(15-19(24)25)18-10-12-23(13-11-18)16(2)20(26)21(3)14-17-8-6-5-7-9-17/h5-9,16,18H,4,10-15H2,1-3H3,(H,24,25). The van der Waals surface area contributed by atoms with Crippen LogP contribution in [0.25, 0.3) is 0 Å². The molecule has 144 valence electrons. The lowest BCUT2D eigenvalue weighted by atomic mass is 10.0. The van der Waals surface area contributed by atoms with Crippen molar-refractivity contribution < 1.29 is 14.7 Å². The Hall–Kier alpha value is -1.92. The smallest absolute Gasteiger partial charge is 0.317 e. The molecule has 0 aliphatic carbocycles. The number of amides is 1. The van der Waals surface area contributed by atoms with E-state index in [9.17, 15) is 9.59 Å². The summed E-state index contributed by atoms with van der Waals surface area (Å²) < 4.78 is 0. The molecule has 1 N–H and O–H groups in total. The van der Waals surface area contributed by atoms with E-state index in [2.05, 4.69) is 4.90 Å². The second kappa shape index (κ2) is 9.69. The van der Waals surface area contributed by atoms with Gasteiger partial charge >= 0.3 is 5.97 Å². The Bertz CT molecular complexity index is 585. The number of likely N-dealkylation sites (tertiary alicyclic amines) is 1.